The number of rotatable bonds is 4. The van der Waals surface area contributed by atoms with E-state index < -0.39 is 0 Å². The Morgan fingerprint density at radius 1 is 1.56 bits per heavy atom. The Bertz CT molecular complexity index is 334. The van der Waals surface area contributed by atoms with Gasteiger partial charge in [-0.2, -0.15) is 5.10 Å². The van der Waals surface area contributed by atoms with E-state index in [1.165, 1.54) is 12.0 Å². The Balaban J connectivity index is 2.14. The van der Waals surface area contributed by atoms with Crippen LogP contribution in [0.5, 0.6) is 0 Å². The molecule has 0 radical (unpaired) electrons. The Kier molecular flexibility index (Phi) is 3.61. The highest BCUT2D eigenvalue weighted by atomic mass is 15.3. The molecule has 16 heavy (non-hydrogen) atoms. The number of hydrogen-bond acceptors (Lipinski definition) is 3. The normalized spacial score (nSPS) is 26.4. The van der Waals surface area contributed by atoms with Crippen molar-refractivity contribution in [2.24, 2.45) is 11.7 Å². The van der Waals surface area contributed by atoms with E-state index in [2.05, 4.69) is 30.2 Å². The first-order valence-electron chi connectivity index (χ1n) is 6.19. The first-order chi connectivity index (χ1) is 7.76. The average Bonchev–Trinajstić information content (AvgIpc) is 2.85. The SMILES string of the molecule is CCCn1cc(C2C(CN)CCN2C)cn1. The molecule has 1 aromatic rings. The van der Waals surface area contributed by atoms with E-state index in [1.54, 1.807) is 0 Å². The molecule has 2 unspecified atom stereocenters. The third-order valence-corrected chi connectivity index (χ3v) is 3.52. The Labute approximate surface area is 97.4 Å². The van der Waals surface area contributed by atoms with Crippen LogP contribution in [0, 0.1) is 5.92 Å². The predicted molar refractivity (Wildman–Crippen MR) is 65.1 cm³/mol. The van der Waals surface area contributed by atoms with Crippen LogP contribution in [0.15, 0.2) is 12.4 Å². The summed E-state index contributed by atoms with van der Waals surface area (Å²) >= 11 is 0. The second-order valence-electron chi connectivity index (χ2n) is 4.75. The van der Waals surface area contributed by atoms with Crippen LogP contribution < -0.4 is 5.73 Å². The number of aryl methyl sites for hydroxylation is 1. The lowest BCUT2D eigenvalue weighted by molar-refractivity contribution is 0.279. The van der Waals surface area contributed by atoms with Crippen molar-refractivity contribution in [3.8, 4) is 0 Å². The Hall–Kier alpha value is -0.870. The van der Waals surface area contributed by atoms with Crippen molar-refractivity contribution in [3.63, 3.8) is 0 Å². The Morgan fingerprint density at radius 2 is 2.38 bits per heavy atom. The van der Waals surface area contributed by atoms with Gasteiger partial charge in [-0.3, -0.25) is 9.58 Å². The summed E-state index contributed by atoms with van der Waals surface area (Å²) in [6.07, 6.45) is 6.52. The third kappa shape index (κ3) is 2.13. The van der Waals surface area contributed by atoms with Crippen LogP contribution in [0.3, 0.4) is 0 Å². The van der Waals surface area contributed by atoms with Gasteiger partial charge in [0.1, 0.15) is 0 Å². The van der Waals surface area contributed by atoms with Gasteiger partial charge in [0.05, 0.1) is 6.20 Å². The van der Waals surface area contributed by atoms with Gasteiger partial charge in [0, 0.05) is 24.3 Å². The van der Waals surface area contributed by atoms with Crippen molar-refractivity contribution in [2.75, 3.05) is 20.1 Å². The van der Waals surface area contributed by atoms with Crippen molar-refractivity contribution in [3.05, 3.63) is 18.0 Å². The monoisotopic (exact) mass is 222 g/mol. The second-order valence-corrected chi connectivity index (χ2v) is 4.75. The fraction of sp³-hybridized carbons (Fsp3) is 0.750. The van der Waals surface area contributed by atoms with Crippen molar-refractivity contribution >= 4 is 0 Å². The lowest BCUT2D eigenvalue weighted by atomic mass is 9.96. The molecule has 90 valence electrons. The van der Waals surface area contributed by atoms with E-state index in [0.717, 1.165) is 26.1 Å². The van der Waals surface area contributed by atoms with Gasteiger partial charge < -0.3 is 5.73 Å². The predicted octanol–water partition coefficient (Wildman–Crippen LogP) is 1.24. The van der Waals surface area contributed by atoms with Crippen LogP contribution >= 0.6 is 0 Å². The maximum atomic E-state index is 5.84. The lowest BCUT2D eigenvalue weighted by Gasteiger charge is -2.22. The first-order valence-corrected chi connectivity index (χ1v) is 6.19. The zero-order valence-corrected chi connectivity index (χ0v) is 10.3. The molecule has 0 spiro atoms. The minimum absolute atomic E-state index is 0.468. The Morgan fingerprint density at radius 3 is 3.06 bits per heavy atom. The van der Waals surface area contributed by atoms with Crippen molar-refractivity contribution in [1.29, 1.82) is 0 Å². The molecule has 0 saturated carbocycles. The molecule has 4 nitrogen and oxygen atoms in total. The fourth-order valence-corrected chi connectivity index (χ4v) is 2.68. The molecule has 2 atom stereocenters. The molecule has 4 heteroatoms. The minimum atomic E-state index is 0.468. The fourth-order valence-electron chi connectivity index (χ4n) is 2.68. The molecule has 1 aliphatic rings. The van der Waals surface area contributed by atoms with Crippen molar-refractivity contribution in [2.45, 2.75) is 32.4 Å². The quantitative estimate of drug-likeness (QED) is 0.834. The van der Waals surface area contributed by atoms with Gasteiger partial charge in [-0.1, -0.05) is 6.92 Å². The summed E-state index contributed by atoms with van der Waals surface area (Å²) in [7, 11) is 2.18. The second kappa shape index (κ2) is 4.97. The van der Waals surface area contributed by atoms with E-state index in [0.29, 0.717) is 12.0 Å². The summed E-state index contributed by atoms with van der Waals surface area (Å²) in [4.78, 5) is 2.39. The lowest BCUT2D eigenvalue weighted by Crippen LogP contribution is -2.24. The minimum Gasteiger partial charge on any atom is -0.330 e. The van der Waals surface area contributed by atoms with Crippen LogP contribution in [0.2, 0.25) is 0 Å². The van der Waals surface area contributed by atoms with E-state index in [9.17, 15) is 0 Å². The summed E-state index contributed by atoms with van der Waals surface area (Å²) in [6, 6.07) is 0.468. The molecule has 2 heterocycles. The highest BCUT2D eigenvalue weighted by Gasteiger charge is 2.32. The van der Waals surface area contributed by atoms with Crippen LogP contribution in [0.25, 0.3) is 0 Å². The standard InChI is InChI=1S/C12H22N4/c1-3-5-16-9-11(8-14-16)12-10(7-13)4-6-15(12)2/h8-10,12H,3-7,13H2,1-2H3. The molecular weight excluding hydrogens is 200 g/mol. The van der Waals surface area contributed by atoms with Gasteiger partial charge in [-0.05, 0) is 38.9 Å². The molecule has 2 N–H and O–H groups in total. The van der Waals surface area contributed by atoms with E-state index >= 15 is 0 Å². The molecule has 0 aliphatic carbocycles. The molecular formula is C12H22N4. The molecule has 1 aliphatic heterocycles. The number of nitrogens with two attached hydrogens (primary N) is 1. The van der Waals surface area contributed by atoms with Gasteiger partial charge in [0.2, 0.25) is 0 Å². The third-order valence-electron chi connectivity index (χ3n) is 3.52. The van der Waals surface area contributed by atoms with Gasteiger partial charge in [0.15, 0.2) is 0 Å². The molecule has 1 aromatic heterocycles. The largest absolute Gasteiger partial charge is 0.330 e. The number of nitrogens with zero attached hydrogens (tertiary/aromatic N) is 3. The first kappa shape index (κ1) is 11.6. The number of aromatic nitrogens is 2. The summed E-state index contributed by atoms with van der Waals surface area (Å²) in [5.74, 6) is 0.587. The molecule has 0 amide bonds. The summed E-state index contributed by atoms with van der Waals surface area (Å²) in [6.45, 7) is 5.09. The van der Waals surface area contributed by atoms with Crippen LogP contribution in [-0.2, 0) is 6.54 Å². The number of likely N-dealkylation sites (tertiary alicyclic amines) is 1. The zero-order chi connectivity index (χ0) is 11.5. The summed E-state index contributed by atoms with van der Waals surface area (Å²) in [5, 5.41) is 4.40. The summed E-state index contributed by atoms with van der Waals surface area (Å²) < 4.78 is 2.04. The molecule has 1 fully saturated rings. The van der Waals surface area contributed by atoms with Gasteiger partial charge in [-0.15, -0.1) is 0 Å². The van der Waals surface area contributed by atoms with Gasteiger partial charge in [0.25, 0.3) is 0 Å². The van der Waals surface area contributed by atoms with Gasteiger partial charge in [-0.25, -0.2) is 0 Å². The van der Waals surface area contributed by atoms with E-state index in [4.69, 9.17) is 5.73 Å². The molecule has 2 rings (SSSR count). The van der Waals surface area contributed by atoms with E-state index in [1.807, 2.05) is 10.9 Å². The molecule has 0 bridgehead atoms. The highest BCUT2D eigenvalue weighted by molar-refractivity contribution is 5.14. The van der Waals surface area contributed by atoms with Crippen molar-refractivity contribution in [1.82, 2.24) is 14.7 Å². The van der Waals surface area contributed by atoms with Crippen molar-refractivity contribution < 1.29 is 0 Å². The zero-order valence-electron chi connectivity index (χ0n) is 10.3. The molecule has 0 aromatic carbocycles. The maximum absolute atomic E-state index is 5.84. The number of hydrogen-bond donors (Lipinski definition) is 1. The van der Waals surface area contributed by atoms with E-state index in [-0.39, 0.29) is 0 Å². The smallest absolute Gasteiger partial charge is 0.0537 e. The average molecular weight is 222 g/mol. The van der Waals surface area contributed by atoms with Crippen LogP contribution in [0.1, 0.15) is 31.4 Å². The van der Waals surface area contributed by atoms with Crippen LogP contribution in [-0.4, -0.2) is 34.8 Å². The topological polar surface area (TPSA) is 47.1 Å². The van der Waals surface area contributed by atoms with Crippen LogP contribution in [0.4, 0.5) is 0 Å². The van der Waals surface area contributed by atoms with Gasteiger partial charge >= 0.3 is 0 Å². The highest BCUT2D eigenvalue weighted by Crippen LogP contribution is 2.34. The maximum Gasteiger partial charge on any atom is 0.0537 e. The summed E-state index contributed by atoms with van der Waals surface area (Å²) in [5.41, 5.74) is 7.16. The molecule has 1 saturated heterocycles.